The Hall–Kier alpha value is -3.52. The lowest BCUT2D eigenvalue weighted by atomic mass is 10.0. The van der Waals surface area contributed by atoms with Gasteiger partial charge in [0.05, 0.1) is 42.0 Å². The Bertz CT molecular complexity index is 1540. The van der Waals surface area contributed by atoms with Crippen LogP contribution in [0.25, 0.3) is 27.7 Å². The van der Waals surface area contributed by atoms with Crippen LogP contribution >= 0.6 is 0 Å². The maximum atomic E-state index is 15.0. The van der Waals surface area contributed by atoms with Crippen LogP contribution < -0.4 is 10.1 Å². The minimum absolute atomic E-state index is 0.0233. The summed E-state index contributed by atoms with van der Waals surface area (Å²) in [6.45, 7) is 0.734. The summed E-state index contributed by atoms with van der Waals surface area (Å²) in [6.07, 6.45) is -3.71. The van der Waals surface area contributed by atoms with Crippen molar-refractivity contribution in [3.63, 3.8) is 0 Å². The van der Waals surface area contributed by atoms with Gasteiger partial charge in [0.15, 0.2) is 0 Å². The van der Waals surface area contributed by atoms with Crippen molar-refractivity contribution < 1.29 is 31.1 Å². The molecule has 1 aromatic carbocycles. The zero-order chi connectivity index (χ0) is 28.2. The highest BCUT2D eigenvalue weighted by Crippen LogP contribution is 2.33. The number of rotatable bonds is 6. The number of aromatic nitrogens is 6. The molecule has 0 unspecified atom stereocenters. The number of benzene rings is 1. The third-order valence-corrected chi connectivity index (χ3v) is 6.75. The van der Waals surface area contributed by atoms with Gasteiger partial charge in [-0.1, -0.05) is 11.3 Å². The van der Waals surface area contributed by atoms with Crippen LogP contribution in [0.15, 0.2) is 30.5 Å². The number of halogens is 4. The number of ether oxygens (including phenoxy) is 2. The van der Waals surface area contributed by atoms with Gasteiger partial charge in [-0.25, -0.2) is 13.6 Å². The number of anilines is 1. The molecular formula is C23H24F4N8O2. The molecule has 1 N–H and O–H groups in total. The summed E-state index contributed by atoms with van der Waals surface area (Å²) in [5.74, 6) is -0.316. The largest absolute Gasteiger partial charge is 0.479 e. The second kappa shape index (κ2) is 9.10. The molecule has 6 rings (SSSR count). The molecular weight excluding hydrogens is 496 g/mol. The number of hydrogen-bond acceptors (Lipinski definition) is 8. The van der Waals surface area contributed by atoms with Gasteiger partial charge in [0.25, 0.3) is 0 Å². The first-order chi connectivity index (χ1) is 18.9. The lowest BCUT2D eigenvalue weighted by molar-refractivity contribution is -0.142. The van der Waals surface area contributed by atoms with Crippen molar-refractivity contribution in [3.05, 3.63) is 30.5 Å². The van der Waals surface area contributed by atoms with Crippen LogP contribution in [0.3, 0.4) is 0 Å². The fourth-order valence-corrected chi connectivity index (χ4v) is 4.80. The predicted molar refractivity (Wildman–Crippen MR) is 125 cm³/mol. The van der Waals surface area contributed by atoms with E-state index in [1.54, 1.807) is 12.1 Å². The SMILES string of the molecule is [2H]C([2H])([2H])Oc1nc(N[C@@H]2CCN(C3COC3)C[C@@H]2F)nn2ccc(-c3ccc4nnn(CC(F)(F)F)c4c3)c12. The molecule has 0 spiro atoms. The number of hydrogen-bond donors (Lipinski definition) is 1. The number of nitrogens with one attached hydrogen (secondary N) is 1. The summed E-state index contributed by atoms with van der Waals surface area (Å²) in [7, 11) is -2.87. The summed E-state index contributed by atoms with van der Waals surface area (Å²) >= 11 is 0. The predicted octanol–water partition coefficient (Wildman–Crippen LogP) is 2.94. The molecule has 14 heteroatoms. The molecule has 2 aliphatic heterocycles. The molecule has 0 aliphatic carbocycles. The third kappa shape index (κ3) is 4.55. The Balaban J connectivity index is 1.34. The number of piperidine rings is 1. The molecule has 0 radical (unpaired) electrons. The van der Waals surface area contributed by atoms with Gasteiger partial charge in [0.2, 0.25) is 11.8 Å². The molecule has 2 aliphatic rings. The van der Waals surface area contributed by atoms with Crippen LogP contribution in [0.4, 0.5) is 23.5 Å². The van der Waals surface area contributed by atoms with E-state index in [0.717, 1.165) is 4.68 Å². The molecule has 4 aromatic rings. The number of nitrogens with zero attached hydrogens (tertiary/aromatic N) is 7. The molecule has 0 bridgehead atoms. The second-order valence-electron chi connectivity index (χ2n) is 9.17. The van der Waals surface area contributed by atoms with Crippen LogP contribution in [0.2, 0.25) is 0 Å². The highest BCUT2D eigenvalue weighted by molar-refractivity contribution is 5.89. The highest BCUT2D eigenvalue weighted by Gasteiger charge is 2.36. The first-order valence-electron chi connectivity index (χ1n) is 13.1. The van der Waals surface area contributed by atoms with E-state index in [9.17, 15) is 13.2 Å². The molecule has 0 amide bonds. The van der Waals surface area contributed by atoms with Gasteiger partial charge in [0, 0.05) is 24.8 Å². The Morgan fingerprint density at radius 1 is 1.27 bits per heavy atom. The first kappa shape index (κ1) is 20.5. The van der Waals surface area contributed by atoms with Crippen LogP contribution in [-0.4, -0.2) is 92.3 Å². The number of fused-ring (bicyclic) bond motifs is 2. The van der Waals surface area contributed by atoms with Crippen LogP contribution in [0.5, 0.6) is 5.88 Å². The Morgan fingerprint density at radius 2 is 2.14 bits per heavy atom. The standard InChI is InChI=1S/C23H24F4N8O2/c1-36-21-20-15(13-2-3-18-19(8-13)35(32-30-18)12-23(25,26)27)4-7-34(20)31-22(29-21)28-17-5-6-33(9-16(17)24)14-10-37-11-14/h2-4,7-8,14,16-17H,5-6,9-12H2,1H3,(H,28,31)/t16-,17+/m0/s1/i1D3. The van der Waals surface area contributed by atoms with Crippen molar-refractivity contribution >= 4 is 22.5 Å². The van der Waals surface area contributed by atoms with Crippen molar-refractivity contribution in [2.24, 2.45) is 0 Å². The highest BCUT2D eigenvalue weighted by atomic mass is 19.4. The first-order valence-corrected chi connectivity index (χ1v) is 11.6. The van der Waals surface area contributed by atoms with Crippen molar-refractivity contribution in [3.8, 4) is 17.0 Å². The van der Waals surface area contributed by atoms with Gasteiger partial charge < -0.3 is 14.8 Å². The van der Waals surface area contributed by atoms with Crippen molar-refractivity contribution in [1.29, 1.82) is 0 Å². The minimum Gasteiger partial charge on any atom is -0.479 e. The van der Waals surface area contributed by atoms with E-state index in [0.29, 0.717) is 37.3 Å². The Labute approximate surface area is 212 Å². The van der Waals surface area contributed by atoms with Gasteiger partial charge >= 0.3 is 6.18 Å². The van der Waals surface area contributed by atoms with Gasteiger partial charge in [-0.3, -0.25) is 4.90 Å². The second-order valence-corrected chi connectivity index (χ2v) is 9.17. The monoisotopic (exact) mass is 523 g/mol. The van der Waals surface area contributed by atoms with E-state index in [4.69, 9.17) is 13.6 Å². The average Bonchev–Trinajstić information content (AvgIpc) is 3.42. The van der Waals surface area contributed by atoms with Crippen LogP contribution in [0, 0.1) is 0 Å². The minimum atomic E-state index is -4.50. The summed E-state index contributed by atoms with van der Waals surface area (Å²) in [4.78, 5) is 6.32. The fraction of sp³-hybridized carbons (Fsp3) is 0.478. The van der Waals surface area contributed by atoms with Gasteiger partial charge in [-0.2, -0.15) is 18.2 Å². The number of likely N-dealkylation sites (tertiary alicyclic amines) is 1. The molecule has 0 saturated carbocycles. The van der Waals surface area contributed by atoms with Gasteiger partial charge in [-0.05, 0) is 30.2 Å². The topological polar surface area (TPSA) is 94.6 Å². The third-order valence-electron chi connectivity index (χ3n) is 6.75. The summed E-state index contributed by atoms with van der Waals surface area (Å²) in [5.41, 5.74) is 1.42. The molecule has 10 nitrogen and oxygen atoms in total. The lowest BCUT2D eigenvalue weighted by Gasteiger charge is -2.42. The van der Waals surface area contributed by atoms with Crippen molar-refractivity contribution in [2.75, 3.05) is 38.7 Å². The number of alkyl halides is 4. The fourth-order valence-electron chi connectivity index (χ4n) is 4.80. The molecule has 2 atom stereocenters. The van der Waals surface area contributed by atoms with Crippen LogP contribution in [-0.2, 0) is 11.3 Å². The van der Waals surface area contributed by atoms with E-state index in [2.05, 4.69) is 25.7 Å². The average molecular weight is 524 g/mol. The van der Waals surface area contributed by atoms with Gasteiger partial charge in [-0.15, -0.1) is 10.2 Å². The van der Waals surface area contributed by atoms with E-state index in [1.807, 2.05) is 4.90 Å². The lowest BCUT2D eigenvalue weighted by Crippen LogP contribution is -2.57. The maximum absolute atomic E-state index is 15.0. The molecule has 2 fully saturated rings. The van der Waals surface area contributed by atoms with E-state index in [-0.39, 0.29) is 41.0 Å². The normalized spacial score (nSPS) is 23.0. The summed E-state index contributed by atoms with van der Waals surface area (Å²) < 4.78 is 89.5. The molecule has 196 valence electrons. The molecule has 5 heterocycles. The van der Waals surface area contributed by atoms with Crippen LogP contribution in [0.1, 0.15) is 10.5 Å². The Morgan fingerprint density at radius 3 is 2.86 bits per heavy atom. The zero-order valence-electron chi connectivity index (χ0n) is 22.3. The summed E-state index contributed by atoms with van der Waals surface area (Å²) in [6, 6.07) is 5.82. The molecule has 3 aromatic heterocycles. The van der Waals surface area contributed by atoms with Crippen molar-refractivity contribution in [2.45, 2.75) is 37.4 Å². The molecule has 2 saturated heterocycles. The summed E-state index contributed by atoms with van der Waals surface area (Å²) in [5, 5.41) is 14.8. The van der Waals surface area contributed by atoms with Crippen molar-refractivity contribution in [1.82, 2.24) is 34.5 Å². The maximum Gasteiger partial charge on any atom is 0.408 e. The van der Waals surface area contributed by atoms with E-state index < -0.39 is 32.0 Å². The number of methoxy groups -OCH3 is 1. The van der Waals surface area contributed by atoms with E-state index in [1.165, 1.54) is 22.8 Å². The zero-order valence-corrected chi connectivity index (χ0v) is 19.3. The Kier molecular flexibility index (Phi) is 5.05. The van der Waals surface area contributed by atoms with Gasteiger partial charge in [0.1, 0.15) is 23.7 Å². The molecule has 37 heavy (non-hydrogen) atoms. The quantitative estimate of drug-likeness (QED) is 0.386. The van der Waals surface area contributed by atoms with E-state index >= 15 is 4.39 Å². The smallest absolute Gasteiger partial charge is 0.408 e.